The van der Waals surface area contributed by atoms with E-state index < -0.39 is 5.60 Å². The maximum absolute atomic E-state index is 10.3. The van der Waals surface area contributed by atoms with Crippen molar-refractivity contribution in [2.24, 2.45) is 0 Å². The van der Waals surface area contributed by atoms with Gasteiger partial charge in [-0.25, -0.2) is 0 Å². The molecule has 2 aromatic heterocycles. The van der Waals surface area contributed by atoms with Crippen LogP contribution in [0.1, 0.15) is 12.3 Å². The van der Waals surface area contributed by atoms with E-state index in [1.54, 1.807) is 0 Å². The molecule has 17 heavy (non-hydrogen) atoms. The first-order valence-electron chi connectivity index (χ1n) is 5.19. The average Bonchev–Trinajstić information content (AvgIpc) is 2.96. The second kappa shape index (κ2) is 4.16. The van der Waals surface area contributed by atoms with Crippen molar-refractivity contribution in [1.29, 1.82) is 0 Å². The number of β-amino-alcohol motifs (C(OH)–C–C–N with tert-alkyl or cyclic N) is 1. The monoisotopic (exact) mass is 315 g/mol. The first kappa shape index (κ1) is 11.3. The zero-order chi connectivity index (χ0) is 11.9. The van der Waals surface area contributed by atoms with E-state index in [-0.39, 0.29) is 0 Å². The molecule has 2 aromatic rings. The Balaban J connectivity index is 1.92. The third-order valence-electron chi connectivity index (χ3n) is 2.74. The van der Waals surface area contributed by atoms with E-state index in [1.165, 1.54) is 11.3 Å². The van der Waals surface area contributed by atoms with Crippen molar-refractivity contribution in [2.75, 3.05) is 13.1 Å². The molecule has 1 unspecified atom stereocenters. The smallest absolute Gasteiger partial charge is 0.260 e. The van der Waals surface area contributed by atoms with Crippen LogP contribution in [0.5, 0.6) is 0 Å². The van der Waals surface area contributed by atoms with Gasteiger partial charge in [-0.1, -0.05) is 5.16 Å². The van der Waals surface area contributed by atoms with Crippen molar-refractivity contribution in [3.05, 3.63) is 21.8 Å². The Morgan fingerprint density at radius 2 is 2.47 bits per heavy atom. The summed E-state index contributed by atoms with van der Waals surface area (Å²) in [7, 11) is 0. The van der Waals surface area contributed by atoms with Gasteiger partial charge in [0.1, 0.15) is 0 Å². The Labute approximate surface area is 110 Å². The number of hydrogen-bond donors (Lipinski definition) is 2. The number of hydrogen-bond acceptors (Lipinski definition) is 6. The minimum absolute atomic E-state index is 0.294. The van der Waals surface area contributed by atoms with Crippen LogP contribution in [-0.2, 0) is 5.60 Å². The van der Waals surface area contributed by atoms with Crippen LogP contribution in [0, 0.1) is 0 Å². The summed E-state index contributed by atoms with van der Waals surface area (Å²) in [6.07, 6.45) is 0.600. The Hall–Kier alpha value is -0.760. The van der Waals surface area contributed by atoms with Crippen LogP contribution in [0.4, 0.5) is 0 Å². The Kier molecular flexibility index (Phi) is 2.78. The molecule has 3 heterocycles. The fourth-order valence-corrected chi connectivity index (χ4v) is 3.16. The summed E-state index contributed by atoms with van der Waals surface area (Å²) >= 11 is 4.91. The maximum atomic E-state index is 10.3. The molecule has 1 atom stereocenters. The third-order valence-corrected chi connectivity index (χ3v) is 4.43. The molecule has 0 radical (unpaired) electrons. The highest BCUT2D eigenvalue weighted by Gasteiger charge is 2.38. The Morgan fingerprint density at radius 3 is 3.12 bits per heavy atom. The topological polar surface area (TPSA) is 71.2 Å². The van der Waals surface area contributed by atoms with Crippen molar-refractivity contribution in [2.45, 2.75) is 12.0 Å². The second-order valence-electron chi connectivity index (χ2n) is 4.01. The molecular formula is C10H10BrN3O2S. The predicted octanol–water partition coefficient (Wildman–Crippen LogP) is 1.74. The molecule has 7 heteroatoms. The van der Waals surface area contributed by atoms with Gasteiger partial charge >= 0.3 is 0 Å². The van der Waals surface area contributed by atoms with E-state index in [2.05, 4.69) is 31.4 Å². The molecule has 2 N–H and O–H groups in total. The van der Waals surface area contributed by atoms with Crippen LogP contribution < -0.4 is 5.32 Å². The molecule has 1 aliphatic heterocycles. The van der Waals surface area contributed by atoms with Crippen LogP contribution in [0.3, 0.4) is 0 Å². The summed E-state index contributed by atoms with van der Waals surface area (Å²) in [5.74, 6) is 0.818. The van der Waals surface area contributed by atoms with E-state index in [9.17, 15) is 5.11 Å². The first-order valence-corrected chi connectivity index (χ1v) is 6.86. The lowest BCUT2D eigenvalue weighted by atomic mass is 10.0. The number of nitrogens with zero attached hydrogens (tertiary/aromatic N) is 2. The van der Waals surface area contributed by atoms with Crippen molar-refractivity contribution < 1.29 is 9.63 Å². The number of nitrogens with one attached hydrogen (secondary N) is 1. The number of halogens is 1. The van der Waals surface area contributed by atoms with E-state index >= 15 is 0 Å². The molecule has 1 fully saturated rings. The van der Waals surface area contributed by atoms with Crippen LogP contribution >= 0.6 is 27.3 Å². The number of aromatic nitrogens is 2. The molecule has 5 nitrogen and oxygen atoms in total. The van der Waals surface area contributed by atoms with E-state index in [0.29, 0.717) is 24.7 Å². The average molecular weight is 316 g/mol. The highest BCUT2D eigenvalue weighted by atomic mass is 79.9. The molecule has 0 bridgehead atoms. The summed E-state index contributed by atoms with van der Waals surface area (Å²) < 4.78 is 6.15. The number of thiophene rings is 1. The molecule has 3 rings (SSSR count). The van der Waals surface area contributed by atoms with Gasteiger partial charge in [-0.2, -0.15) is 4.98 Å². The summed E-state index contributed by atoms with van der Waals surface area (Å²) in [6, 6.07) is 1.93. The summed E-state index contributed by atoms with van der Waals surface area (Å²) in [4.78, 5) is 5.19. The molecule has 90 valence electrons. The zero-order valence-electron chi connectivity index (χ0n) is 8.81. The molecule has 0 spiro atoms. The summed E-state index contributed by atoms with van der Waals surface area (Å²) in [5, 5.41) is 19.2. The van der Waals surface area contributed by atoms with Crippen LogP contribution in [0.25, 0.3) is 10.7 Å². The van der Waals surface area contributed by atoms with Gasteiger partial charge in [0.05, 0.1) is 4.88 Å². The highest BCUT2D eigenvalue weighted by molar-refractivity contribution is 9.10. The van der Waals surface area contributed by atoms with Crippen LogP contribution in [0.15, 0.2) is 20.4 Å². The summed E-state index contributed by atoms with van der Waals surface area (Å²) in [6.45, 7) is 1.22. The van der Waals surface area contributed by atoms with Gasteiger partial charge in [-0.15, -0.1) is 11.3 Å². The molecular weight excluding hydrogens is 306 g/mol. The highest BCUT2D eigenvalue weighted by Crippen LogP contribution is 2.31. The lowest BCUT2D eigenvalue weighted by Crippen LogP contribution is -2.28. The molecule has 1 aliphatic rings. The van der Waals surface area contributed by atoms with E-state index in [4.69, 9.17) is 4.52 Å². The van der Waals surface area contributed by atoms with E-state index in [1.807, 2.05) is 11.4 Å². The van der Waals surface area contributed by atoms with Gasteiger partial charge in [-0.3, -0.25) is 0 Å². The quantitative estimate of drug-likeness (QED) is 0.883. The maximum Gasteiger partial charge on any atom is 0.260 e. The summed E-state index contributed by atoms with van der Waals surface area (Å²) in [5.41, 5.74) is -1.01. The standard InChI is InChI=1S/C10H10BrN3O2S/c11-6-3-7(17-4-6)8-13-9(16-14-8)10(15)1-2-12-5-10/h3-4,12,15H,1-2,5H2. The van der Waals surface area contributed by atoms with Gasteiger partial charge in [-0.05, 0) is 35.0 Å². The van der Waals surface area contributed by atoms with Crippen LogP contribution in [0.2, 0.25) is 0 Å². The Morgan fingerprint density at radius 1 is 1.59 bits per heavy atom. The minimum Gasteiger partial charge on any atom is -0.379 e. The van der Waals surface area contributed by atoms with Gasteiger partial charge in [0.15, 0.2) is 5.60 Å². The Bertz CT molecular complexity index is 533. The van der Waals surface area contributed by atoms with Crippen molar-refractivity contribution >= 4 is 27.3 Å². The van der Waals surface area contributed by atoms with Crippen molar-refractivity contribution in [3.63, 3.8) is 0 Å². The van der Waals surface area contributed by atoms with Gasteiger partial charge in [0.2, 0.25) is 5.82 Å². The number of rotatable bonds is 2. The van der Waals surface area contributed by atoms with Crippen molar-refractivity contribution in [3.8, 4) is 10.7 Å². The fraction of sp³-hybridized carbons (Fsp3) is 0.400. The minimum atomic E-state index is -1.01. The molecule has 0 amide bonds. The SMILES string of the molecule is OC1(c2nc(-c3cc(Br)cs3)no2)CCNC1. The second-order valence-corrected chi connectivity index (χ2v) is 5.84. The zero-order valence-corrected chi connectivity index (χ0v) is 11.2. The predicted molar refractivity (Wildman–Crippen MR) is 66.7 cm³/mol. The fourth-order valence-electron chi connectivity index (χ4n) is 1.80. The lowest BCUT2D eigenvalue weighted by Gasteiger charge is -2.14. The first-order chi connectivity index (χ1) is 8.17. The third kappa shape index (κ3) is 2.03. The van der Waals surface area contributed by atoms with Gasteiger partial charge in [0, 0.05) is 16.4 Å². The van der Waals surface area contributed by atoms with Crippen molar-refractivity contribution in [1.82, 2.24) is 15.5 Å². The number of aliphatic hydroxyl groups is 1. The normalized spacial score (nSPS) is 24.4. The van der Waals surface area contributed by atoms with E-state index in [0.717, 1.165) is 15.9 Å². The van der Waals surface area contributed by atoms with Crippen LogP contribution in [-0.4, -0.2) is 28.3 Å². The molecule has 0 aliphatic carbocycles. The largest absolute Gasteiger partial charge is 0.379 e. The van der Waals surface area contributed by atoms with Gasteiger partial charge in [0.25, 0.3) is 5.89 Å². The molecule has 0 saturated carbocycles. The molecule has 1 saturated heterocycles. The lowest BCUT2D eigenvalue weighted by molar-refractivity contribution is 0.0243. The van der Waals surface area contributed by atoms with Gasteiger partial charge < -0.3 is 14.9 Å². The molecule has 0 aromatic carbocycles.